The fourth-order valence-electron chi connectivity index (χ4n) is 2.39. The highest BCUT2D eigenvalue weighted by Gasteiger charge is 2.37. The Bertz CT molecular complexity index is 905. The number of hydrogen-bond acceptors (Lipinski definition) is 4. The summed E-state index contributed by atoms with van der Waals surface area (Å²) in [6, 6.07) is 8.61. The van der Waals surface area contributed by atoms with Crippen LogP contribution in [0, 0.1) is 6.92 Å². The first-order chi connectivity index (χ1) is 11.8. The van der Waals surface area contributed by atoms with Crippen LogP contribution >= 0.6 is 11.3 Å². The Balaban J connectivity index is 1.82. The molecule has 3 aromatic rings. The molecule has 0 unspecified atom stereocenters. The molecule has 0 atom stereocenters. The summed E-state index contributed by atoms with van der Waals surface area (Å²) in [5.74, 6) is -1.18. The number of hydrogen-bond donors (Lipinski definition) is 1. The molecular weight excluding hydrogens is 357 g/mol. The van der Waals surface area contributed by atoms with Crippen LogP contribution in [0.15, 0.2) is 30.3 Å². The molecule has 0 radical (unpaired) electrons. The maximum Gasteiger partial charge on any atom is 0.453 e. The van der Waals surface area contributed by atoms with Crippen LogP contribution in [0.2, 0.25) is 0 Å². The Kier molecular flexibility index (Phi) is 4.38. The summed E-state index contributed by atoms with van der Waals surface area (Å²) in [6.07, 6.45) is -5.33. The van der Waals surface area contributed by atoms with E-state index in [9.17, 15) is 23.1 Å². The molecule has 2 aromatic heterocycles. The van der Waals surface area contributed by atoms with Crippen molar-refractivity contribution in [1.29, 1.82) is 0 Å². The van der Waals surface area contributed by atoms with E-state index in [0.29, 0.717) is 17.8 Å². The first kappa shape index (κ1) is 17.2. The minimum Gasteiger partial charge on any atom is -0.465 e. The normalized spacial score (nSPS) is 11.8. The van der Waals surface area contributed by atoms with Gasteiger partial charge < -0.3 is 5.11 Å². The number of fused-ring (bicyclic) bond motifs is 1. The van der Waals surface area contributed by atoms with Gasteiger partial charge in [-0.05, 0) is 19.1 Å². The molecule has 3 rings (SSSR count). The van der Waals surface area contributed by atoms with Crippen molar-refractivity contribution < 1.29 is 23.1 Å². The Labute approximate surface area is 144 Å². The number of nitrogens with zero attached hydrogens (tertiary/aromatic N) is 4. The van der Waals surface area contributed by atoms with Gasteiger partial charge in [-0.25, -0.2) is 9.31 Å². The third kappa shape index (κ3) is 3.43. The number of benzene rings is 1. The SMILES string of the molecule is Cc1c(CCN(C(=O)O)c2ccccc2)sc2nc(C(F)(F)F)nn12. The number of halogens is 3. The van der Waals surface area contributed by atoms with Crippen molar-refractivity contribution in [3.63, 3.8) is 0 Å². The lowest BCUT2D eigenvalue weighted by atomic mass is 10.2. The van der Waals surface area contributed by atoms with E-state index in [2.05, 4.69) is 10.1 Å². The van der Waals surface area contributed by atoms with Gasteiger partial charge in [-0.2, -0.15) is 18.2 Å². The lowest BCUT2D eigenvalue weighted by molar-refractivity contribution is -0.144. The fourth-order valence-corrected chi connectivity index (χ4v) is 3.44. The van der Waals surface area contributed by atoms with E-state index in [1.54, 1.807) is 37.3 Å². The summed E-state index contributed by atoms with van der Waals surface area (Å²) in [7, 11) is 0. The van der Waals surface area contributed by atoms with E-state index < -0.39 is 18.1 Å². The third-order valence-electron chi connectivity index (χ3n) is 3.63. The van der Waals surface area contributed by atoms with Gasteiger partial charge in [0, 0.05) is 23.5 Å². The average Bonchev–Trinajstić information content (AvgIpc) is 3.09. The summed E-state index contributed by atoms with van der Waals surface area (Å²) in [5.41, 5.74) is 1.06. The van der Waals surface area contributed by atoms with Gasteiger partial charge in [0.2, 0.25) is 4.96 Å². The molecule has 0 bridgehead atoms. The van der Waals surface area contributed by atoms with Crippen molar-refractivity contribution in [1.82, 2.24) is 14.6 Å². The summed E-state index contributed by atoms with van der Waals surface area (Å²) in [4.78, 5) is 17.0. The largest absolute Gasteiger partial charge is 0.465 e. The van der Waals surface area contributed by atoms with Crippen molar-refractivity contribution >= 4 is 28.1 Å². The quantitative estimate of drug-likeness (QED) is 0.757. The molecule has 0 aliphatic rings. The number of rotatable bonds is 4. The highest BCUT2D eigenvalue weighted by molar-refractivity contribution is 7.17. The number of alkyl halides is 3. The van der Waals surface area contributed by atoms with Crippen LogP contribution in [0.1, 0.15) is 16.4 Å². The number of aromatic nitrogens is 3. The van der Waals surface area contributed by atoms with Crippen LogP contribution in [0.3, 0.4) is 0 Å². The molecule has 6 nitrogen and oxygen atoms in total. The van der Waals surface area contributed by atoms with E-state index in [1.807, 2.05) is 0 Å². The molecule has 0 saturated heterocycles. The van der Waals surface area contributed by atoms with E-state index in [4.69, 9.17) is 0 Å². The van der Waals surface area contributed by atoms with Crippen molar-refractivity contribution in [3.05, 3.63) is 46.7 Å². The minimum atomic E-state index is -4.59. The van der Waals surface area contributed by atoms with E-state index >= 15 is 0 Å². The molecule has 1 aromatic carbocycles. The Morgan fingerprint density at radius 2 is 2.00 bits per heavy atom. The molecule has 0 aliphatic carbocycles. The zero-order valence-corrected chi connectivity index (χ0v) is 13.8. The highest BCUT2D eigenvalue weighted by atomic mass is 32.1. The summed E-state index contributed by atoms with van der Waals surface area (Å²) >= 11 is 1.08. The maximum atomic E-state index is 12.7. The number of aryl methyl sites for hydroxylation is 1. The summed E-state index contributed by atoms with van der Waals surface area (Å²) in [5, 5.41) is 12.9. The molecule has 0 aliphatic heterocycles. The van der Waals surface area contributed by atoms with Crippen molar-refractivity contribution in [2.24, 2.45) is 0 Å². The molecule has 2 heterocycles. The van der Waals surface area contributed by atoms with Crippen LogP contribution in [0.25, 0.3) is 4.96 Å². The second kappa shape index (κ2) is 6.36. The number of para-hydroxylation sites is 1. The minimum absolute atomic E-state index is 0.140. The van der Waals surface area contributed by atoms with Gasteiger partial charge in [0.15, 0.2) is 0 Å². The molecule has 1 N–H and O–H groups in total. The first-order valence-electron chi connectivity index (χ1n) is 7.25. The predicted octanol–water partition coefficient (Wildman–Crippen LogP) is 3.85. The molecule has 0 fully saturated rings. The number of anilines is 1. The van der Waals surface area contributed by atoms with Gasteiger partial charge in [0.05, 0.1) is 5.69 Å². The van der Waals surface area contributed by atoms with E-state index in [-0.39, 0.29) is 11.5 Å². The lowest BCUT2D eigenvalue weighted by Crippen LogP contribution is -2.31. The molecule has 25 heavy (non-hydrogen) atoms. The Morgan fingerprint density at radius 1 is 1.32 bits per heavy atom. The Morgan fingerprint density at radius 3 is 2.56 bits per heavy atom. The van der Waals surface area contributed by atoms with Crippen LogP contribution in [0.5, 0.6) is 0 Å². The monoisotopic (exact) mass is 370 g/mol. The second-order valence-electron chi connectivity index (χ2n) is 5.26. The smallest absolute Gasteiger partial charge is 0.453 e. The topological polar surface area (TPSA) is 70.7 Å². The summed E-state index contributed by atoms with van der Waals surface area (Å²) < 4.78 is 39.1. The van der Waals surface area contributed by atoms with E-state index in [0.717, 1.165) is 20.7 Å². The first-order valence-corrected chi connectivity index (χ1v) is 8.07. The van der Waals surface area contributed by atoms with Gasteiger partial charge in [0.25, 0.3) is 5.82 Å². The predicted molar refractivity (Wildman–Crippen MR) is 86.1 cm³/mol. The van der Waals surface area contributed by atoms with Gasteiger partial charge in [-0.3, -0.25) is 4.90 Å². The zero-order chi connectivity index (χ0) is 18.2. The van der Waals surface area contributed by atoms with Gasteiger partial charge in [0.1, 0.15) is 0 Å². The standard InChI is InChI=1S/C15H13F3N4O2S/c1-9-11(25-13-19-12(15(16,17)18)20-22(9)13)7-8-21(14(23)24)10-5-3-2-4-6-10/h2-6H,7-8H2,1H3,(H,23,24). The third-order valence-corrected chi connectivity index (χ3v) is 4.82. The van der Waals surface area contributed by atoms with Crippen molar-refractivity contribution in [2.45, 2.75) is 19.5 Å². The zero-order valence-electron chi connectivity index (χ0n) is 13.0. The van der Waals surface area contributed by atoms with E-state index in [1.165, 1.54) is 4.90 Å². The second-order valence-corrected chi connectivity index (χ2v) is 6.32. The number of amides is 1. The number of carbonyl (C=O) groups is 1. The molecule has 10 heteroatoms. The van der Waals surface area contributed by atoms with Crippen LogP contribution in [-0.2, 0) is 12.6 Å². The van der Waals surface area contributed by atoms with Crippen LogP contribution in [0.4, 0.5) is 23.7 Å². The summed E-state index contributed by atoms with van der Waals surface area (Å²) in [6.45, 7) is 1.82. The number of carboxylic acid groups (broad SMARTS) is 1. The van der Waals surface area contributed by atoms with Gasteiger partial charge in [-0.15, -0.1) is 5.10 Å². The van der Waals surface area contributed by atoms with Gasteiger partial charge >= 0.3 is 12.3 Å². The molecule has 0 saturated carbocycles. The molecule has 132 valence electrons. The molecule has 0 spiro atoms. The number of thiazole rings is 1. The van der Waals surface area contributed by atoms with Crippen LogP contribution in [-0.4, -0.2) is 32.3 Å². The van der Waals surface area contributed by atoms with Crippen LogP contribution < -0.4 is 4.90 Å². The lowest BCUT2D eigenvalue weighted by Gasteiger charge is -2.18. The van der Waals surface area contributed by atoms with Gasteiger partial charge in [-0.1, -0.05) is 29.5 Å². The Hall–Kier alpha value is -2.62. The highest BCUT2D eigenvalue weighted by Crippen LogP contribution is 2.30. The maximum absolute atomic E-state index is 12.7. The fraction of sp³-hybridized carbons (Fsp3) is 0.267. The molecular formula is C15H13F3N4O2S. The van der Waals surface area contributed by atoms with Crippen molar-refractivity contribution in [3.8, 4) is 0 Å². The average molecular weight is 370 g/mol. The molecule has 1 amide bonds. The van der Waals surface area contributed by atoms with Crippen molar-refractivity contribution in [2.75, 3.05) is 11.4 Å².